The van der Waals surface area contributed by atoms with E-state index in [0.29, 0.717) is 0 Å². The smallest absolute Gasteiger partial charge is 0.342 e. The van der Waals surface area contributed by atoms with Crippen LogP contribution in [0.5, 0.6) is 0 Å². The van der Waals surface area contributed by atoms with Crippen LogP contribution < -0.4 is 5.73 Å². The van der Waals surface area contributed by atoms with Crippen LogP contribution in [0.2, 0.25) is 0 Å². The average molecular weight is 178 g/mol. The molecule has 7 heavy (non-hydrogen) atoms. The van der Waals surface area contributed by atoms with E-state index in [1.54, 1.807) is 0 Å². The van der Waals surface area contributed by atoms with Crippen LogP contribution in [0.1, 0.15) is 12.8 Å². The Balaban J connectivity index is 0. The Bertz CT molecular complexity index is 27.3. The van der Waals surface area contributed by atoms with Crippen molar-refractivity contribution in [2.75, 3.05) is 0 Å². The first-order chi connectivity index (χ1) is 2.81. The van der Waals surface area contributed by atoms with Crippen LogP contribution in [-0.2, 0) is 22.4 Å². The van der Waals surface area contributed by atoms with Crippen LogP contribution in [0, 0.1) is 13.8 Å². The Morgan fingerprint density at radius 2 is 1.57 bits per heavy atom. The van der Waals surface area contributed by atoms with Crippen molar-refractivity contribution in [3.63, 3.8) is 0 Å². The average Bonchev–Trinajstić information content (AvgIpc) is 1.65. The van der Waals surface area contributed by atoms with Gasteiger partial charge in [-0.1, -0.05) is 6.04 Å². The summed E-state index contributed by atoms with van der Waals surface area (Å²) >= 11 is 0. The summed E-state index contributed by atoms with van der Waals surface area (Å²) in [5.41, 5.74) is 5.35. The van der Waals surface area contributed by atoms with Gasteiger partial charge in [-0.25, -0.2) is 0 Å². The zero-order chi connectivity index (χ0) is 4.99. The van der Waals surface area contributed by atoms with Gasteiger partial charge in [-0.05, 0) is 0 Å². The molecular weight excluding hydrogens is 167 g/mol. The van der Waals surface area contributed by atoms with E-state index in [0.717, 1.165) is 12.8 Å². The van der Waals surface area contributed by atoms with E-state index in [1.807, 2.05) is 0 Å². The van der Waals surface area contributed by atoms with Gasteiger partial charge in [0.15, 0.2) is 0 Å². The molecule has 41 valence electrons. The Morgan fingerprint density at radius 3 is 1.57 bits per heavy atom. The van der Waals surface area contributed by atoms with Gasteiger partial charge in [-0.15, -0.1) is 0 Å². The van der Waals surface area contributed by atoms with Crippen molar-refractivity contribution in [3.8, 4) is 0 Å². The number of nitrogens with two attached hydrogens (primary N) is 1. The molecule has 0 aromatic carbocycles. The Hall–Kier alpha value is 0.700. The quantitative estimate of drug-likeness (QED) is 0.490. The fourth-order valence-corrected chi connectivity index (χ4v) is 0.144. The molecule has 0 saturated heterocycles. The van der Waals surface area contributed by atoms with Crippen LogP contribution in [0.4, 0.5) is 0 Å². The Kier molecular flexibility index (Phi) is 10.2. The molecule has 2 N–H and O–H groups in total. The summed E-state index contributed by atoms with van der Waals surface area (Å²) in [6.45, 7) is 7.18. The fourth-order valence-electron chi connectivity index (χ4n) is 0.144. The summed E-state index contributed by atoms with van der Waals surface area (Å²) < 4.78 is 0. The summed E-state index contributed by atoms with van der Waals surface area (Å²) in [6, 6.07) is 0.213. The van der Waals surface area contributed by atoms with E-state index < -0.39 is 0 Å². The predicted octanol–water partition coefficient (Wildman–Crippen LogP) is 0.760. The second kappa shape index (κ2) is 6.70. The number of hydrogen-bond acceptors (Lipinski definition) is 1. The normalized spacial score (nSPS) is 8.57. The Labute approximate surface area is 61.2 Å². The first kappa shape index (κ1) is 10.6. The number of hydrogen-bond donors (Lipinski definition) is 1. The molecule has 0 aliphatic rings. The molecule has 0 atom stereocenters. The SMILES string of the molecule is [CH2-]CC(N)C[CH2-].[Nb+2]. The van der Waals surface area contributed by atoms with Crippen molar-refractivity contribution < 1.29 is 22.4 Å². The molecule has 1 radical (unpaired) electrons. The van der Waals surface area contributed by atoms with Crippen LogP contribution in [-0.4, -0.2) is 6.04 Å². The third kappa shape index (κ3) is 6.70. The molecule has 0 spiro atoms. The van der Waals surface area contributed by atoms with E-state index >= 15 is 0 Å². The van der Waals surface area contributed by atoms with Crippen molar-refractivity contribution in [1.82, 2.24) is 0 Å². The van der Waals surface area contributed by atoms with E-state index in [4.69, 9.17) is 5.73 Å². The van der Waals surface area contributed by atoms with Gasteiger partial charge in [-0.3, -0.25) is 0 Å². The third-order valence-corrected chi connectivity index (χ3v) is 0.742. The van der Waals surface area contributed by atoms with Crippen molar-refractivity contribution in [3.05, 3.63) is 13.8 Å². The van der Waals surface area contributed by atoms with Gasteiger partial charge in [0.05, 0.1) is 0 Å². The molecular formula is C5H11NNb. The molecule has 0 amide bonds. The number of rotatable bonds is 2. The van der Waals surface area contributed by atoms with Crippen LogP contribution in [0.25, 0.3) is 0 Å². The summed E-state index contributed by atoms with van der Waals surface area (Å²) in [4.78, 5) is 0. The zero-order valence-corrected chi connectivity index (χ0v) is 6.63. The topological polar surface area (TPSA) is 26.0 Å². The molecule has 0 heterocycles. The standard InChI is InChI=1S/C5H11N.Nb/c1-3-5(6)4-2;/h5H,1-4,6H2;/q-2;+2. The van der Waals surface area contributed by atoms with Gasteiger partial charge in [0.2, 0.25) is 0 Å². The largest absolute Gasteiger partial charge is 2.00 e. The Morgan fingerprint density at radius 1 is 1.29 bits per heavy atom. The summed E-state index contributed by atoms with van der Waals surface area (Å²) in [5, 5.41) is 0. The van der Waals surface area contributed by atoms with Crippen molar-refractivity contribution in [2.45, 2.75) is 18.9 Å². The molecule has 0 rings (SSSR count). The third-order valence-electron chi connectivity index (χ3n) is 0.742. The maximum Gasteiger partial charge on any atom is 2.00 e. The first-order valence-electron chi connectivity index (χ1n) is 2.15. The predicted molar refractivity (Wildman–Crippen MR) is 27.9 cm³/mol. The van der Waals surface area contributed by atoms with Crippen molar-refractivity contribution >= 4 is 0 Å². The van der Waals surface area contributed by atoms with E-state index in [9.17, 15) is 0 Å². The molecule has 0 aliphatic carbocycles. The minimum Gasteiger partial charge on any atom is -0.342 e. The summed E-state index contributed by atoms with van der Waals surface area (Å²) in [7, 11) is 0. The minimum absolute atomic E-state index is 0. The van der Waals surface area contributed by atoms with Gasteiger partial charge >= 0.3 is 22.4 Å². The maximum atomic E-state index is 5.35. The molecule has 0 fully saturated rings. The van der Waals surface area contributed by atoms with Crippen LogP contribution in [0.15, 0.2) is 0 Å². The van der Waals surface area contributed by atoms with Gasteiger partial charge in [-0.2, -0.15) is 12.8 Å². The minimum atomic E-state index is 0. The summed E-state index contributed by atoms with van der Waals surface area (Å²) in [5.74, 6) is 0. The molecule has 0 aliphatic heterocycles. The van der Waals surface area contributed by atoms with E-state index in [-0.39, 0.29) is 28.4 Å². The monoisotopic (exact) mass is 178 g/mol. The summed E-state index contributed by atoms with van der Waals surface area (Å²) in [6.07, 6.45) is 1.59. The van der Waals surface area contributed by atoms with E-state index in [2.05, 4.69) is 13.8 Å². The molecule has 0 aromatic heterocycles. The maximum absolute atomic E-state index is 5.35. The molecule has 1 nitrogen and oxygen atoms in total. The van der Waals surface area contributed by atoms with Crippen molar-refractivity contribution in [2.24, 2.45) is 5.73 Å². The molecule has 2 heteroatoms. The van der Waals surface area contributed by atoms with Crippen LogP contribution >= 0.6 is 0 Å². The molecule has 0 aromatic rings. The zero-order valence-electron chi connectivity index (χ0n) is 4.43. The molecule has 0 saturated carbocycles. The van der Waals surface area contributed by atoms with Gasteiger partial charge in [0.1, 0.15) is 0 Å². The second-order valence-electron chi connectivity index (χ2n) is 1.34. The van der Waals surface area contributed by atoms with Crippen molar-refractivity contribution in [1.29, 1.82) is 0 Å². The van der Waals surface area contributed by atoms with Gasteiger partial charge < -0.3 is 19.6 Å². The first-order valence-corrected chi connectivity index (χ1v) is 2.15. The molecule has 0 unspecified atom stereocenters. The second-order valence-corrected chi connectivity index (χ2v) is 1.34. The van der Waals surface area contributed by atoms with Crippen LogP contribution in [0.3, 0.4) is 0 Å². The fraction of sp³-hybridized carbons (Fsp3) is 0.600. The molecule has 0 bridgehead atoms. The van der Waals surface area contributed by atoms with Gasteiger partial charge in [0, 0.05) is 0 Å². The van der Waals surface area contributed by atoms with Gasteiger partial charge in [0.25, 0.3) is 0 Å². The van der Waals surface area contributed by atoms with E-state index in [1.165, 1.54) is 0 Å².